The molecule has 3 nitrogen and oxygen atoms in total. The largest absolute Gasteiger partial charge is 0.384 e. The molecule has 5 heteroatoms. The van der Waals surface area contributed by atoms with Gasteiger partial charge in [-0.2, -0.15) is 0 Å². The molecule has 0 aliphatic rings. The van der Waals surface area contributed by atoms with Crippen LogP contribution in [-0.4, -0.2) is 16.1 Å². The van der Waals surface area contributed by atoms with Crippen LogP contribution in [0.1, 0.15) is 11.4 Å². The summed E-state index contributed by atoms with van der Waals surface area (Å²) in [5.41, 5.74) is 1.84. The summed E-state index contributed by atoms with van der Waals surface area (Å²) in [5.74, 6) is 0.762. The highest BCUT2D eigenvalue weighted by Gasteiger charge is 2.05. The molecule has 0 saturated carbocycles. The average Bonchev–Trinajstić information content (AvgIpc) is 2.72. The lowest BCUT2D eigenvalue weighted by molar-refractivity contribution is 0.621. The first-order valence-corrected chi connectivity index (χ1v) is 6.53. The molecule has 96 valence electrons. The molecule has 1 aromatic carbocycles. The van der Waals surface area contributed by atoms with Gasteiger partial charge in [0, 0.05) is 38.1 Å². The summed E-state index contributed by atoms with van der Waals surface area (Å²) in [7, 11) is 1.97. The standard InChI is InChI=1S/C13H15BrFN3/c1-9-7-10(14)11(15)8-12(9)16-4-3-13-17-5-6-18(13)2/h5-8,16H,3-4H2,1-2H3. The molecule has 0 amide bonds. The summed E-state index contributed by atoms with van der Waals surface area (Å²) in [6, 6.07) is 3.29. The molecule has 0 aliphatic heterocycles. The number of nitrogens with one attached hydrogen (secondary N) is 1. The number of halogens is 2. The van der Waals surface area contributed by atoms with Crippen LogP contribution in [0.15, 0.2) is 29.0 Å². The normalized spacial score (nSPS) is 10.7. The zero-order valence-corrected chi connectivity index (χ0v) is 12.0. The Morgan fingerprint density at radius 3 is 2.89 bits per heavy atom. The number of rotatable bonds is 4. The number of anilines is 1. The van der Waals surface area contributed by atoms with Crippen LogP contribution in [0, 0.1) is 12.7 Å². The second-order valence-corrected chi connectivity index (χ2v) is 5.07. The van der Waals surface area contributed by atoms with Crippen molar-refractivity contribution in [1.82, 2.24) is 9.55 Å². The van der Waals surface area contributed by atoms with Crippen LogP contribution in [0.25, 0.3) is 0 Å². The van der Waals surface area contributed by atoms with E-state index in [0.29, 0.717) is 4.47 Å². The highest BCUT2D eigenvalue weighted by Crippen LogP contribution is 2.23. The third-order valence-electron chi connectivity index (χ3n) is 2.85. The van der Waals surface area contributed by atoms with E-state index in [1.807, 2.05) is 24.7 Å². The number of hydrogen-bond donors (Lipinski definition) is 1. The monoisotopic (exact) mass is 311 g/mol. The highest BCUT2D eigenvalue weighted by atomic mass is 79.9. The smallest absolute Gasteiger partial charge is 0.139 e. The Hall–Kier alpha value is -1.36. The molecule has 1 N–H and O–H groups in total. The predicted octanol–water partition coefficient (Wildman–Crippen LogP) is 3.28. The van der Waals surface area contributed by atoms with Gasteiger partial charge >= 0.3 is 0 Å². The summed E-state index contributed by atoms with van der Waals surface area (Å²) < 4.78 is 15.9. The predicted molar refractivity (Wildman–Crippen MR) is 74.2 cm³/mol. The van der Waals surface area contributed by atoms with Crippen LogP contribution in [0.3, 0.4) is 0 Å². The maximum atomic E-state index is 13.4. The van der Waals surface area contributed by atoms with Gasteiger partial charge in [0.1, 0.15) is 11.6 Å². The Kier molecular flexibility index (Phi) is 4.01. The lowest BCUT2D eigenvalue weighted by Gasteiger charge is -2.10. The van der Waals surface area contributed by atoms with Gasteiger partial charge in [-0.15, -0.1) is 0 Å². The fourth-order valence-corrected chi connectivity index (χ4v) is 2.24. The van der Waals surface area contributed by atoms with E-state index >= 15 is 0 Å². The lowest BCUT2D eigenvalue weighted by atomic mass is 10.2. The third kappa shape index (κ3) is 2.90. The molecule has 2 rings (SSSR count). The van der Waals surface area contributed by atoms with E-state index in [1.165, 1.54) is 6.07 Å². The van der Waals surface area contributed by atoms with Crippen LogP contribution < -0.4 is 5.32 Å². The van der Waals surface area contributed by atoms with E-state index in [2.05, 4.69) is 26.2 Å². The van der Waals surface area contributed by atoms with Gasteiger partial charge in [0.15, 0.2) is 0 Å². The molecule has 2 aromatic rings. The van der Waals surface area contributed by atoms with Gasteiger partial charge < -0.3 is 9.88 Å². The van der Waals surface area contributed by atoms with Crippen molar-refractivity contribution in [3.63, 3.8) is 0 Å². The quantitative estimate of drug-likeness (QED) is 0.939. The van der Waals surface area contributed by atoms with E-state index < -0.39 is 0 Å². The number of imidazole rings is 1. The van der Waals surface area contributed by atoms with Crippen LogP contribution in [0.5, 0.6) is 0 Å². The molecule has 0 atom stereocenters. The van der Waals surface area contributed by atoms with Crippen molar-refractivity contribution >= 4 is 21.6 Å². The van der Waals surface area contributed by atoms with Gasteiger partial charge in [-0.05, 0) is 40.5 Å². The molecule has 0 saturated heterocycles. The van der Waals surface area contributed by atoms with Gasteiger partial charge in [-0.25, -0.2) is 9.37 Å². The molecular formula is C13H15BrFN3. The summed E-state index contributed by atoms with van der Waals surface area (Å²) in [6.45, 7) is 2.68. The van der Waals surface area contributed by atoms with Crippen molar-refractivity contribution < 1.29 is 4.39 Å². The van der Waals surface area contributed by atoms with E-state index in [9.17, 15) is 4.39 Å². The van der Waals surface area contributed by atoms with Gasteiger partial charge in [0.25, 0.3) is 0 Å². The Morgan fingerprint density at radius 2 is 2.22 bits per heavy atom. The van der Waals surface area contributed by atoms with Crippen LogP contribution in [0.2, 0.25) is 0 Å². The first-order valence-electron chi connectivity index (χ1n) is 5.73. The van der Waals surface area contributed by atoms with Crippen molar-refractivity contribution in [2.24, 2.45) is 7.05 Å². The zero-order valence-electron chi connectivity index (χ0n) is 10.4. The van der Waals surface area contributed by atoms with Crippen molar-refractivity contribution in [2.75, 3.05) is 11.9 Å². The van der Waals surface area contributed by atoms with Gasteiger partial charge in [0.2, 0.25) is 0 Å². The number of hydrogen-bond acceptors (Lipinski definition) is 2. The summed E-state index contributed by atoms with van der Waals surface area (Å²) >= 11 is 3.17. The average molecular weight is 312 g/mol. The third-order valence-corrected chi connectivity index (χ3v) is 3.46. The van der Waals surface area contributed by atoms with Crippen molar-refractivity contribution in [3.05, 3.63) is 46.2 Å². The molecular weight excluding hydrogens is 297 g/mol. The van der Waals surface area contributed by atoms with Gasteiger partial charge in [0.05, 0.1) is 4.47 Å². The highest BCUT2D eigenvalue weighted by molar-refractivity contribution is 9.10. The minimum atomic E-state index is -0.250. The maximum Gasteiger partial charge on any atom is 0.139 e. The molecule has 0 fully saturated rings. The van der Waals surface area contributed by atoms with Crippen LogP contribution >= 0.6 is 15.9 Å². The second-order valence-electron chi connectivity index (χ2n) is 4.21. The Labute approximate surface area is 114 Å². The first-order chi connectivity index (χ1) is 8.58. The molecule has 1 heterocycles. The summed E-state index contributed by atoms with van der Waals surface area (Å²) in [5, 5.41) is 3.23. The molecule has 0 bridgehead atoms. The zero-order chi connectivity index (χ0) is 13.1. The van der Waals surface area contributed by atoms with E-state index in [4.69, 9.17) is 0 Å². The van der Waals surface area contributed by atoms with Crippen molar-refractivity contribution in [1.29, 1.82) is 0 Å². The van der Waals surface area contributed by atoms with Crippen LogP contribution in [0.4, 0.5) is 10.1 Å². The van der Waals surface area contributed by atoms with E-state index in [-0.39, 0.29) is 5.82 Å². The Bertz CT molecular complexity index is 551. The minimum absolute atomic E-state index is 0.250. The molecule has 0 radical (unpaired) electrons. The second kappa shape index (κ2) is 5.52. The lowest BCUT2D eigenvalue weighted by Crippen LogP contribution is -2.09. The Morgan fingerprint density at radius 1 is 1.44 bits per heavy atom. The van der Waals surface area contributed by atoms with E-state index in [1.54, 1.807) is 12.3 Å². The van der Waals surface area contributed by atoms with Gasteiger partial charge in [-0.3, -0.25) is 0 Å². The molecule has 0 aliphatic carbocycles. The SMILES string of the molecule is Cc1cc(Br)c(F)cc1NCCc1nccn1C. The number of benzene rings is 1. The van der Waals surface area contributed by atoms with Crippen molar-refractivity contribution in [3.8, 4) is 0 Å². The fourth-order valence-electron chi connectivity index (χ4n) is 1.78. The number of nitrogens with zero attached hydrogens (tertiary/aromatic N) is 2. The summed E-state index contributed by atoms with van der Waals surface area (Å²) in [4.78, 5) is 4.24. The topological polar surface area (TPSA) is 29.9 Å². The first kappa shape index (κ1) is 13.1. The van der Waals surface area contributed by atoms with Crippen LogP contribution in [-0.2, 0) is 13.5 Å². The maximum absolute atomic E-state index is 13.4. The fraction of sp³-hybridized carbons (Fsp3) is 0.308. The molecule has 0 spiro atoms. The number of aromatic nitrogens is 2. The Balaban J connectivity index is 1.99. The van der Waals surface area contributed by atoms with Crippen molar-refractivity contribution in [2.45, 2.75) is 13.3 Å². The molecule has 1 aromatic heterocycles. The van der Waals surface area contributed by atoms with Gasteiger partial charge in [-0.1, -0.05) is 0 Å². The molecule has 0 unspecified atom stereocenters. The number of aryl methyl sites for hydroxylation is 2. The summed E-state index contributed by atoms with van der Waals surface area (Å²) in [6.07, 6.45) is 4.50. The van der Waals surface area contributed by atoms with E-state index in [0.717, 1.165) is 30.0 Å². The molecule has 18 heavy (non-hydrogen) atoms. The minimum Gasteiger partial charge on any atom is -0.384 e.